The standard InChI is InChI=1S/C21H24F3N7O/c22-14-8-13(19(26)32)20(30-21(14)29-16-4-2-1-3-15(16)25)28-12-5-6-17-11(7-12)9-27-31(17)10-18(23)24/h5-9,15-16,18H,1-4,10,25H2,(H2,26,32)(H2,28,29,30)/t15-,16+/m1/s1. The number of nitrogens with two attached hydrogens (primary N) is 2. The highest BCUT2D eigenvalue weighted by Crippen LogP contribution is 2.28. The van der Waals surface area contributed by atoms with Gasteiger partial charge in [-0.2, -0.15) is 5.10 Å². The van der Waals surface area contributed by atoms with Crippen molar-refractivity contribution in [1.82, 2.24) is 14.8 Å². The second-order valence-electron chi connectivity index (χ2n) is 7.89. The van der Waals surface area contributed by atoms with E-state index in [9.17, 15) is 18.0 Å². The van der Waals surface area contributed by atoms with Crippen molar-refractivity contribution in [2.75, 3.05) is 10.6 Å². The van der Waals surface area contributed by atoms with Crippen molar-refractivity contribution in [3.05, 3.63) is 41.8 Å². The summed E-state index contributed by atoms with van der Waals surface area (Å²) in [6.45, 7) is -0.514. The molecule has 2 atom stereocenters. The summed E-state index contributed by atoms with van der Waals surface area (Å²) in [7, 11) is 0. The van der Waals surface area contributed by atoms with E-state index in [0.29, 0.717) is 16.6 Å². The molecule has 11 heteroatoms. The van der Waals surface area contributed by atoms with Crippen LogP contribution in [0.2, 0.25) is 0 Å². The molecule has 0 aliphatic heterocycles. The SMILES string of the molecule is NC(=O)c1cc(F)c(N[C@H]2CCCC[C@H]2N)nc1Nc1ccc2c(cnn2CC(F)F)c1. The largest absolute Gasteiger partial charge is 0.365 e. The molecule has 0 radical (unpaired) electrons. The molecule has 1 fully saturated rings. The fourth-order valence-electron chi connectivity index (χ4n) is 3.97. The van der Waals surface area contributed by atoms with Gasteiger partial charge in [0.05, 0.1) is 17.3 Å². The summed E-state index contributed by atoms with van der Waals surface area (Å²) in [6, 6.07) is 5.71. The Morgan fingerprint density at radius 3 is 2.72 bits per heavy atom. The Kier molecular flexibility index (Phi) is 6.17. The molecule has 2 aromatic heterocycles. The van der Waals surface area contributed by atoms with Crippen LogP contribution in [0.15, 0.2) is 30.5 Å². The number of nitrogens with one attached hydrogen (secondary N) is 2. The first-order valence-electron chi connectivity index (χ1n) is 10.3. The van der Waals surface area contributed by atoms with E-state index in [1.165, 1.54) is 10.9 Å². The number of alkyl halides is 2. The molecule has 0 unspecified atom stereocenters. The van der Waals surface area contributed by atoms with Crippen LogP contribution < -0.4 is 22.1 Å². The molecular weight excluding hydrogens is 423 g/mol. The molecule has 1 aromatic carbocycles. The fraction of sp³-hybridized carbons (Fsp3) is 0.381. The number of benzene rings is 1. The second-order valence-corrected chi connectivity index (χ2v) is 7.89. The summed E-state index contributed by atoms with van der Waals surface area (Å²) in [5.74, 6) is -1.49. The number of rotatable bonds is 7. The Morgan fingerprint density at radius 2 is 2.00 bits per heavy atom. The number of amides is 1. The molecule has 0 bridgehead atoms. The zero-order chi connectivity index (χ0) is 22.8. The first kappa shape index (κ1) is 21.9. The van der Waals surface area contributed by atoms with Crippen LogP contribution in [0.4, 0.5) is 30.5 Å². The Hall–Kier alpha value is -3.34. The molecule has 2 heterocycles. The zero-order valence-electron chi connectivity index (χ0n) is 17.2. The van der Waals surface area contributed by atoms with Crippen LogP contribution in [0.25, 0.3) is 10.9 Å². The Balaban J connectivity index is 1.63. The number of fused-ring (bicyclic) bond motifs is 1. The molecule has 1 aliphatic carbocycles. The zero-order valence-corrected chi connectivity index (χ0v) is 17.2. The molecule has 0 spiro atoms. The number of anilines is 3. The van der Waals surface area contributed by atoms with Gasteiger partial charge in [0.15, 0.2) is 11.6 Å². The molecule has 3 aromatic rings. The van der Waals surface area contributed by atoms with Gasteiger partial charge in [0.1, 0.15) is 12.4 Å². The van der Waals surface area contributed by atoms with E-state index in [0.717, 1.165) is 31.7 Å². The van der Waals surface area contributed by atoms with E-state index in [2.05, 4.69) is 20.7 Å². The highest BCUT2D eigenvalue weighted by molar-refractivity contribution is 5.99. The van der Waals surface area contributed by atoms with Gasteiger partial charge < -0.3 is 22.1 Å². The van der Waals surface area contributed by atoms with Gasteiger partial charge in [0, 0.05) is 23.2 Å². The maximum atomic E-state index is 14.7. The van der Waals surface area contributed by atoms with Gasteiger partial charge in [-0.05, 0) is 37.1 Å². The van der Waals surface area contributed by atoms with Gasteiger partial charge in [-0.25, -0.2) is 18.2 Å². The number of aromatic nitrogens is 3. The first-order chi connectivity index (χ1) is 15.3. The minimum absolute atomic E-state index is 0.0225. The van der Waals surface area contributed by atoms with E-state index >= 15 is 0 Å². The number of carbonyl (C=O) groups excluding carboxylic acids is 1. The average Bonchev–Trinajstić information content (AvgIpc) is 3.13. The third-order valence-electron chi connectivity index (χ3n) is 5.60. The number of carbonyl (C=O) groups is 1. The molecule has 1 amide bonds. The summed E-state index contributed by atoms with van der Waals surface area (Å²) in [5, 5.41) is 10.6. The van der Waals surface area contributed by atoms with Gasteiger partial charge in [0.25, 0.3) is 12.3 Å². The normalized spacial score (nSPS) is 18.8. The lowest BCUT2D eigenvalue weighted by Crippen LogP contribution is -2.43. The van der Waals surface area contributed by atoms with Gasteiger partial charge in [-0.1, -0.05) is 12.8 Å². The Labute approximate surface area is 182 Å². The first-order valence-corrected chi connectivity index (χ1v) is 10.3. The number of nitrogens with zero attached hydrogens (tertiary/aromatic N) is 3. The predicted octanol–water partition coefficient (Wildman–Crippen LogP) is 3.36. The van der Waals surface area contributed by atoms with Crippen molar-refractivity contribution in [2.45, 2.75) is 50.7 Å². The van der Waals surface area contributed by atoms with Crippen LogP contribution in [-0.2, 0) is 6.54 Å². The van der Waals surface area contributed by atoms with Crippen molar-refractivity contribution in [3.8, 4) is 0 Å². The van der Waals surface area contributed by atoms with Gasteiger partial charge >= 0.3 is 0 Å². The van der Waals surface area contributed by atoms with Gasteiger partial charge in [-0.3, -0.25) is 9.48 Å². The number of halogens is 3. The molecule has 4 rings (SSSR count). The maximum Gasteiger partial charge on any atom is 0.257 e. The highest BCUT2D eigenvalue weighted by Gasteiger charge is 2.24. The number of primary amides is 1. The molecule has 0 saturated heterocycles. The summed E-state index contributed by atoms with van der Waals surface area (Å²) in [5.41, 5.74) is 12.5. The van der Waals surface area contributed by atoms with Crippen molar-refractivity contribution in [1.29, 1.82) is 0 Å². The van der Waals surface area contributed by atoms with E-state index in [1.807, 2.05) is 0 Å². The van der Waals surface area contributed by atoms with Crippen LogP contribution in [0.1, 0.15) is 36.0 Å². The van der Waals surface area contributed by atoms with E-state index < -0.39 is 24.7 Å². The van der Waals surface area contributed by atoms with Crippen LogP contribution in [0, 0.1) is 5.82 Å². The van der Waals surface area contributed by atoms with Crippen LogP contribution in [0.3, 0.4) is 0 Å². The average molecular weight is 447 g/mol. The van der Waals surface area contributed by atoms with E-state index in [1.54, 1.807) is 18.2 Å². The topological polar surface area (TPSA) is 124 Å². The number of hydrogen-bond acceptors (Lipinski definition) is 6. The van der Waals surface area contributed by atoms with Crippen molar-refractivity contribution >= 4 is 34.1 Å². The van der Waals surface area contributed by atoms with Crippen molar-refractivity contribution < 1.29 is 18.0 Å². The number of hydrogen-bond donors (Lipinski definition) is 4. The van der Waals surface area contributed by atoms with Crippen LogP contribution in [0.5, 0.6) is 0 Å². The lowest BCUT2D eigenvalue weighted by Gasteiger charge is -2.30. The summed E-state index contributed by atoms with van der Waals surface area (Å²) in [4.78, 5) is 16.2. The molecule has 1 saturated carbocycles. The van der Waals surface area contributed by atoms with Crippen molar-refractivity contribution in [2.24, 2.45) is 11.5 Å². The maximum absolute atomic E-state index is 14.7. The second kappa shape index (κ2) is 9.03. The van der Waals surface area contributed by atoms with Crippen molar-refractivity contribution in [3.63, 3.8) is 0 Å². The molecule has 6 N–H and O–H groups in total. The molecule has 32 heavy (non-hydrogen) atoms. The molecule has 170 valence electrons. The summed E-state index contributed by atoms with van der Waals surface area (Å²) >= 11 is 0. The predicted molar refractivity (Wildman–Crippen MR) is 116 cm³/mol. The van der Waals surface area contributed by atoms with Gasteiger partial charge in [0.2, 0.25) is 0 Å². The lowest BCUT2D eigenvalue weighted by atomic mass is 9.91. The molecule has 8 nitrogen and oxygen atoms in total. The minimum atomic E-state index is -2.53. The minimum Gasteiger partial charge on any atom is -0.365 e. The smallest absolute Gasteiger partial charge is 0.257 e. The van der Waals surface area contributed by atoms with E-state index in [-0.39, 0.29) is 29.3 Å². The third-order valence-corrected chi connectivity index (χ3v) is 5.60. The Morgan fingerprint density at radius 1 is 1.22 bits per heavy atom. The van der Waals surface area contributed by atoms with Crippen LogP contribution >= 0.6 is 0 Å². The Bertz CT molecular complexity index is 1130. The third kappa shape index (κ3) is 4.62. The molecular formula is C21H24F3N7O. The van der Waals surface area contributed by atoms with E-state index in [4.69, 9.17) is 11.5 Å². The molecule has 1 aliphatic rings. The fourth-order valence-corrected chi connectivity index (χ4v) is 3.97. The lowest BCUT2D eigenvalue weighted by molar-refractivity contribution is 0.1000. The van der Waals surface area contributed by atoms with Crippen LogP contribution in [-0.4, -0.2) is 39.2 Å². The quantitative estimate of drug-likeness (QED) is 0.440. The summed E-state index contributed by atoms with van der Waals surface area (Å²) < 4.78 is 41.3. The van der Waals surface area contributed by atoms with Gasteiger partial charge in [-0.15, -0.1) is 0 Å². The summed E-state index contributed by atoms with van der Waals surface area (Å²) in [6.07, 6.45) is 2.58. The monoisotopic (exact) mass is 447 g/mol. The number of pyridine rings is 1. The highest BCUT2D eigenvalue weighted by atomic mass is 19.3.